The molecule has 1 amide bonds. The number of likely N-dealkylation sites (N-methyl/N-ethyl adjacent to an activating group) is 1. The van der Waals surface area contributed by atoms with E-state index in [1.807, 2.05) is 27.7 Å². The number of nitrogens with zero attached hydrogens (tertiary/aromatic N) is 1. The lowest BCUT2D eigenvalue weighted by Gasteiger charge is -2.26. The summed E-state index contributed by atoms with van der Waals surface area (Å²) in [7, 11) is 1.78. The topological polar surface area (TPSA) is 41.6 Å². The highest BCUT2D eigenvalue weighted by Gasteiger charge is 2.27. The minimum atomic E-state index is -0.450. The Morgan fingerprint density at radius 3 is 2.31 bits per heavy atom. The van der Waals surface area contributed by atoms with Gasteiger partial charge in [-0.1, -0.05) is 61.9 Å². The van der Waals surface area contributed by atoms with E-state index < -0.39 is 5.60 Å². The van der Waals surface area contributed by atoms with Gasteiger partial charge in [-0.05, 0) is 101 Å². The monoisotopic (exact) mass is 490 g/mol. The van der Waals surface area contributed by atoms with Crippen LogP contribution in [0.5, 0.6) is 0 Å². The van der Waals surface area contributed by atoms with Crippen LogP contribution in [-0.2, 0) is 17.6 Å². The van der Waals surface area contributed by atoms with Crippen LogP contribution in [0.1, 0.15) is 77.5 Å². The van der Waals surface area contributed by atoms with E-state index in [4.69, 9.17) is 4.74 Å². The lowest BCUT2D eigenvalue weighted by atomic mass is 10.1. The van der Waals surface area contributed by atoms with Crippen LogP contribution < -0.4 is 5.32 Å². The van der Waals surface area contributed by atoms with Gasteiger partial charge in [-0.3, -0.25) is 4.90 Å². The quantitative estimate of drug-likeness (QED) is 0.469. The molecule has 36 heavy (non-hydrogen) atoms. The number of fused-ring (bicyclic) bond motifs is 1. The van der Waals surface area contributed by atoms with Crippen LogP contribution in [0.4, 0.5) is 10.5 Å². The summed E-state index contributed by atoms with van der Waals surface area (Å²) in [5.41, 5.74) is 8.75. The van der Waals surface area contributed by atoms with Crippen molar-refractivity contribution in [2.24, 2.45) is 0 Å². The fourth-order valence-electron chi connectivity index (χ4n) is 4.44. The summed E-state index contributed by atoms with van der Waals surface area (Å²) in [6, 6.07) is 17.0. The Labute approximate surface area is 219 Å². The Kier molecular flexibility index (Phi) is 11.3. The zero-order chi connectivity index (χ0) is 26.7. The molecule has 0 aromatic heterocycles. The molecule has 4 heteroatoms. The van der Waals surface area contributed by atoms with Gasteiger partial charge in [-0.25, -0.2) is 4.79 Å². The molecule has 4 rings (SSSR count). The van der Waals surface area contributed by atoms with Crippen molar-refractivity contribution in [2.75, 3.05) is 18.9 Å². The summed E-state index contributed by atoms with van der Waals surface area (Å²) >= 11 is 0. The Morgan fingerprint density at radius 2 is 1.69 bits per heavy atom. The highest BCUT2D eigenvalue weighted by atomic mass is 16.6. The maximum absolute atomic E-state index is 12.0. The number of anilines is 1. The average Bonchev–Trinajstić information content (AvgIpc) is 3.46. The van der Waals surface area contributed by atoms with Gasteiger partial charge in [-0.15, -0.1) is 0 Å². The molecule has 1 aliphatic heterocycles. The number of carbonyl (C=O) groups excluding carboxylic acids is 1. The van der Waals surface area contributed by atoms with Gasteiger partial charge < -0.3 is 10.1 Å². The second-order valence-corrected chi connectivity index (χ2v) is 10.5. The molecule has 1 heterocycles. The molecule has 2 aromatic carbocycles. The summed E-state index contributed by atoms with van der Waals surface area (Å²) in [6.07, 6.45) is 7.49. The van der Waals surface area contributed by atoms with Crippen LogP contribution in [0, 0.1) is 6.92 Å². The molecule has 0 saturated heterocycles. The maximum Gasteiger partial charge on any atom is 0.414 e. The van der Waals surface area contributed by atoms with Gasteiger partial charge in [0.1, 0.15) is 5.60 Å². The lowest BCUT2D eigenvalue weighted by molar-refractivity contribution is 0.0356. The van der Waals surface area contributed by atoms with Gasteiger partial charge >= 0.3 is 6.09 Å². The second kappa shape index (κ2) is 13.9. The Bertz CT molecular complexity index is 1040. The van der Waals surface area contributed by atoms with Crippen LogP contribution in [0.2, 0.25) is 0 Å². The van der Waals surface area contributed by atoms with Crippen LogP contribution in [0.25, 0.3) is 0 Å². The first-order valence-corrected chi connectivity index (χ1v) is 13.3. The van der Waals surface area contributed by atoms with Crippen molar-refractivity contribution in [3.8, 4) is 0 Å². The largest absolute Gasteiger partial charge is 0.443 e. The maximum atomic E-state index is 12.0. The van der Waals surface area contributed by atoms with Crippen LogP contribution in [-0.4, -0.2) is 30.2 Å². The van der Waals surface area contributed by atoms with Crippen molar-refractivity contribution in [3.63, 3.8) is 0 Å². The molecule has 0 spiro atoms. The van der Waals surface area contributed by atoms with E-state index in [0.29, 0.717) is 0 Å². The molecule has 2 aliphatic rings. The first-order chi connectivity index (χ1) is 17.1. The third kappa shape index (κ3) is 8.89. The van der Waals surface area contributed by atoms with Gasteiger partial charge in [0.15, 0.2) is 0 Å². The molecule has 0 saturated carbocycles. The fraction of sp³-hybridized carbons (Fsp3) is 0.469. The second-order valence-electron chi connectivity index (χ2n) is 10.5. The molecular formula is C32H46N2O2. The van der Waals surface area contributed by atoms with E-state index in [1.54, 1.807) is 11.9 Å². The minimum absolute atomic E-state index is 0.284. The van der Waals surface area contributed by atoms with Gasteiger partial charge in [0, 0.05) is 25.0 Å². The van der Waals surface area contributed by atoms with Crippen molar-refractivity contribution in [3.05, 3.63) is 88.1 Å². The van der Waals surface area contributed by atoms with Gasteiger partial charge in [-0.2, -0.15) is 0 Å². The number of ether oxygens (including phenoxy) is 1. The van der Waals surface area contributed by atoms with Crippen LogP contribution in [0.3, 0.4) is 0 Å². The molecule has 0 unspecified atom stereocenters. The molecule has 0 bridgehead atoms. The molecule has 1 aliphatic carbocycles. The Balaban J connectivity index is 0.000000203. The fourth-order valence-corrected chi connectivity index (χ4v) is 4.44. The third-order valence-corrected chi connectivity index (χ3v) is 6.34. The zero-order valence-corrected chi connectivity index (χ0v) is 23.7. The summed E-state index contributed by atoms with van der Waals surface area (Å²) < 4.78 is 5.38. The van der Waals surface area contributed by atoms with Crippen LogP contribution >= 0.6 is 0 Å². The molecule has 2 aromatic rings. The first-order valence-electron chi connectivity index (χ1n) is 13.3. The summed E-state index contributed by atoms with van der Waals surface area (Å²) in [4.78, 5) is 13.6. The highest BCUT2D eigenvalue weighted by Crippen LogP contribution is 2.33. The van der Waals surface area contributed by atoms with E-state index in [2.05, 4.69) is 80.7 Å². The normalized spacial score (nSPS) is 15.3. The number of nitrogens with one attached hydrogen (secondary N) is 1. The van der Waals surface area contributed by atoms with Crippen molar-refractivity contribution >= 4 is 11.8 Å². The number of hydrogen-bond donors (Lipinski definition) is 1. The molecule has 0 fully saturated rings. The number of para-hydroxylation sites is 1. The number of amides is 1. The number of allylic oxidation sites excluding steroid dienone is 3. The van der Waals surface area contributed by atoms with Gasteiger partial charge in [0.25, 0.3) is 0 Å². The summed E-state index contributed by atoms with van der Waals surface area (Å²) in [5, 5.41) is 3.30. The van der Waals surface area contributed by atoms with E-state index in [9.17, 15) is 4.79 Å². The van der Waals surface area contributed by atoms with E-state index in [1.165, 1.54) is 52.8 Å². The smallest absolute Gasteiger partial charge is 0.414 e. The average molecular weight is 491 g/mol. The third-order valence-electron chi connectivity index (χ3n) is 6.34. The van der Waals surface area contributed by atoms with Crippen molar-refractivity contribution in [1.29, 1.82) is 0 Å². The molecule has 0 atom stereocenters. The molecule has 4 nitrogen and oxygen atoms in total. The Morgan fingerprint density at radius 1 is 1.03 bits per heavy atom. The minimum Gasteiger partial charge on any atom is -0.443 e. The van der Waals surface area contributed by atoms with Crippen LogP contribution in [0.15, 0.2) is 71.5 Å². The SMILES string of the molecule is C/C=C1\CCC(C)=C1N(C)C(=O)OC(C)(C)C.CCCc1ccccc1C.c1ccc2c(c1)CCN2. The van der Waals surface area contributed by atoms with Gasteiger partial charge in [0.2, 0.25) is 0 Å². The standard InChI is InChI=1S/C14H23NO2.C10H14.C8H9N/c1-7-11-9-8-10(2)12(11)15(6)13(16)17-14(3,4)5;1-3-6-10-8-5-4-7-9(10)2;1-2-4-8-7(3-1)5-6-9-8/h7H,8-9H2,1-6H3;4-5,7-8H,3,6H2,1-2H3;1-4,9H,5-6H2/b11-7+;;. The Hall–Kier alpha value is -3.01. The molecular weight excluding hydrogens is 444 g/mol. The summed E-state index contributed by atoms with van der Waals surface area (Å²) in [6.45, 7) is 15.2. The van der Waals surface area contributed by atoms with E-state index in [0.717, 1.165) is 25.1 Å². The lowest BCUT2D eigenvalue weighted by Crippen LogP contribution is -2.34. The number of carbonyl (C=O) groups is 1. The number of rotatable bonds is 3. The predicted molar refractivity (Wildman–Crippen MR) is 153 cm³/mol. The van der Waals surface area contributed by atoms with E-state index in [-0.39, 0.29) is 6.09 Å². The number of hydrogen-bond acceptors (Lipinski definition) is 3. The first kappa shape index (κ1) is 29.2. The van der Waals surface area contributed by atoms with E-state index >= 15 is 0 Å². The molecule has 196 valence electrons. The summed E-state index contributed by atoms with van der Waals surface area (Å²) in [5.74, 6) is 0. The van der Waals surface area contributed by atoms with Crippen molar-refractivity contribution in [1.82, 2.24) is 4.90 Å². The zero-order valence-electron chi connectivity index (χ0n) is 23.7. The van der Waals surface area contributed by atoms with Crippen molar-refractivity contribution in [2.45, 2.75) is 86.2 Å². The number of benzene rings is 2. The molecule has 0 radical (unpaired) electrons. The molecule has 1 N–H and O–H groups in total. The number of aryl methyl sites for hydroxylation is 2. The van der Waals surface area contributed by atoms with Gasteiger partial charge in [0.05, 0.1) is 0 Å². The highest BCUT2D eigenvalue weighted by molar-refractivity contribution is 5.72. The predicted octanol–water partition coefficient (Wildman–Crippen LogP) is 8.47. The van der Waals surface area contributed by atoms with Crippen molar-refractivity contribution < 1.29 is 9.53 Å².